The molecular weight excluding hydrogens is 198 g/mol. The zero-order valence-corrected chi connectivity index (χ0v) is 10.1. The van der Waals surface area contributed by atoms with Gasteiger partial charge in [-0.05, 0) is 37.9 Å². The van der Waals surface area contributed by atoms with Crippen LogP contribution in [0, 0.1) is 6.92 Å². The van der Waals surface area contributed by atoms with Gasteiger partial charge < -0.3 is 10.2 Å². The van der Waals surface area contributed by atoms with Crippen LogP contribution in [0.1, 0.15) is 17.7 Å². The van der Waals surface area contributed by atoms with E-state index in [1.165, 1.54) is 37.3 Å². The van der Waals surface area contributed by atoms with Gasteiger partial charge in [-0.2, -0.15) is 0 Å². The number of nitrogens with zero attached hydrogens (tertiary/aromatic N) is 2. The lowest BCUT2D eigenvalue weighted by Gasteiger charge is -2.27. The molecule has 2 rings (SSSR count). The molecule has 0 saturated carbocycles. The van der Waals surface area contributed by atoms with Crippen LogP contribution in [0.5, 0.6) is 0 Å². The van der Waals surface area contributed by atoms with E-state index in [0.717, 1.165) is 19.5 Å². The molecule has 0 bridgehead atoms. The molecule has 1 saturated heterocycles. The molecule has 88 valence electrons. The van der Waals surface area contributed by atoms with Crippen LogP contribution < -0.4 is 5.32 Å². The summed E-state index contributed by atoms with van der Waals surface area (Å²) in [6.45, 7) is 8.03. The predicted molar refractivity (Wildman–Crippen MR) is 66.6 cm³/mol. The molecule has 3 nitrogen and oxygen atoms in total. The molecular formula is C13H21N3. The third-order valence-electron chi connectivity index (χ3n) is 3.22. The van der Waals surface area contributed by atoms with E-state index in [2.05, 4.69) is 28.2 Å². The summed E-state index contributed by atoms with van der Waals surface area (Å²) in [5.41, 5.74) is 2.58. The van der Waals surface area contributed by atoms with Gasteiger partial charge in [0.05, 0.1) is 0 Å². The summed E-state index contributed by atoms with van der Waals surface area (Å²) in [7, 11) is 0. The number of hydrogen-bond donors (Lipinski definition) is 1. The van der Waals surface area contributed by atoms with Crippen molar-refractivity contribution >= 4 is 0 Å². The quantitative estimate of drug-likeness (QED) is 0.825. The van der Waals surface area contributed by atoms with Crippen molar-refractivity contribution in [2.75, 3.05) is 32.7 Å². The Hall–Kier alpha value is -0.930. The first-order valence-electron chi connectivity index (χ1n) is 6.20. The van der Waals surface area contributed by atoms with Gasteiger partial charge in [0.15, 0.2) is 0 Å². The largest absolute Gasteiger partial charge is 0.314 e. The molecule has 0 radical (unpaired) electrons. The first-order valence-corrected chi connectivity index (χ1v) is 6.20. The summed E-state index contributed by atoms with van der Waals surface area (Å²) in [5, 5.41) is 3.38. The van der Waals surface area contributed by atoms with Crippen LogP contribution >= 0.6 is 0 Å². The molecule has 1 aromatic rings. The Balaban J connectivity index is 1.73. The van der Waals surface area contributed by atoms with Crippen LogP contribution in [0.3, 0.4) is 0 Å². The van der Waals surface area contributed by atoms with Gasteiger partial charge >= 0.3 is 0 Å². The Labute approximate surface area is 97.9 Å². The lowest BCUT2D eigenvalue weighted by Crippen LogP contribution is -2.43. The fourth-order valence-electron chi connectivity index (χ4n) is 2.18. The minimum Gasteiger partial charge on any atom is -0.314 e. The molecule has 1 N–H and O–H groups in total. The maximum atomic E-state index is 4.43. The van der Waals surface area contributed by atoms with E-state index in [9.17, 15) is 0 Å². The van der Waals surface area contributed by atoms with Crippen molar-refractivity contribution in [3.63, 3.8) is 0 Å². The molecule has 0 aliphatic carbocycles. The number of hydrogen-bond acceptors (Lipinski definition) is 3. The van der Waals surface area contributed by atoms with Gasteiger partial charge in [-0.3, -0.25) is 4.98 Å². The summed E-state index contributed by atoms with van der Waals surface area (Å²) >= 11 is 0. The van der Waals surface area contributed by atoms with Crippen LogP contribution in [0.2, 0.25) is 0 Å². The Morgan fingerprint density at radius 2 is 2.19 bits per heavy atom. The Morgan fingerprint density at radius 3 is 2.94 bits per heavy atom. The second-order valence-electron chi connectivity index (χ2n) is 4.46. The maximum Gasteiger partial charge on any atom is 0.0433 e. The van der Waals surface area contributed by atoms with Crippen molar-refractivity contribution in [1.82, 2.24) is 15.2 Å². The van der Waals surface area contributed by atoms with Crippen molar-refractivity contribution in [3.05, 3.63) is 29.6 Å². The molecule has 0 spiro atoms. The highest BCUT2D eigenvalue weighted by molar-refractivity contribution is 5.17. The topological polar surface area (TPSA) is 28.2 Å². The normalized spacial score (nSPS) is 17.6. The van der Waals surface area contributed by atoms with Gasteiger partial charge in [-0.1, -0.05) is 6.07 Å². The van der Waals surface area contributed by atoms with Gasteiger partial charge in [0.2, 0.25) is 0 Å². The van der Waals surface area contributed by atoms with E-state index in [4.69, 9.17) is 0 Å². The monoisotopic (exact) mass is 219 g/mol. The second kappa shape index (κ2) is 5.97. The number of aromatic nitrogens is 1. The maximum absolute atomic E-state index is 4.43. The van der Waals surface area contributed by atoms with Crippen LogP contribution in [0.25, 0.3) is 0 Å². The smallest absolute Gasteiger partial charge is 0.0433 e. The highest BCUT2D eigenvalue weighted by atomic mass is 15.2. The number of piperazine rings is 1. The minimum atomic E-state index is 1.11. The lowest BCUT2D eigenvalue weighted by atomic mass is 10.1. The van der Waals surface area contributed by atoms with Gasteiger partial charge in [0.25, 0.3) is 0 Å². The third kappa shape index (κ3) is 3.29. The lowest BCUT2D eigenvalue weighted by molar-refractivity contribution is 0.238. The summed E-state index contributed by atoms with van der Waals surface area (Å²) in [6, 6.07) is 4.16. The molecule has 1 fully saturated rings. The summed E-state index contributed by atoms with van der Waals surface area (Å²) in [6.07, 6.45) is 4.22. The average Bonchev–Trinajstić information content (AvgIpc) is 2.33. The fourth-order valence-corrected chi connectivity index (χ4v) is 2.18. The molecule has 1 aliphatic rings. The summed E-state index contributed by atoms with van der Waals surface area (Å²) in [5.74, 6) is 0. The Kier molecular flexibility index (Phi) is 4.31. The Bertz CT molecular complexity index is 319. The first kappa shape index (κ1) is 11.6. The Morgan fingerprint density at radius 1 is 1.38 bits per heavy atom. The number of aryl methyl sites for hydroxylation is 2. The molecule has 0 unspecified atom stereocenters. The highest BCUT2D eigenvalue weighted by Crippen LogP contribution is 2.06. The number of pyridine rings is 1. The van der Waals surface area contributed by atoms with E-state index in [1.54, 1.807) is 0 Å². The van der Waals surface area contributed by atoms with Gasteiger partial charge in [0.1, 0.15) is 0 Å². The van der Waals surface area contributed by atoms with E-state index in [1.807, 2.05) is 12.3 Å². The molecule has 1 aromatic heterocycles. The standard InChI is InChI=1S/C13H21N3/c1-12-4-2-6-15-13(12)5-3-9-16-10-7-14-8-11-16/h2,4,6,14H,3,5,7-11H2,1H3. The first-order chi connectivity index (χ1) is 7.86. The van der Waals surface area contributed by atoms with Crippen molar-refractivity contribution in [2.45, 2.75) is 19.8 Å². The van der Waals surface area contributed by atoms with Crippen LogP contribution in [-0.4, -0.2) is 42.6 Å². The van der Waals surface area contributed by atoms with Crippen LogP contribution in [0.4, 0.5) is 0 Å². The van der Waals surface area contributed by atoms with Gasteiger partial charge in [0, 0.05) is 38.1 Å². The van der Waals surface area contributed by atoms with E-state index < -0.39 is 0 Å². The van der Waals surface area contributed by atoms with Gasteiger partial charge in [-0.15, -0.1) is 0 Å². The predicted octanol–water partition coefficient (Wildman–Crippen LogP) is 1.23. The average molecular weight is 219 g/mol. The van der Waals surface area contributed by atoms with Gasteiger partial charge in [-0.25, -0.2) is 0 Å². The highest BCUT2D eigenvalue weighted by Gasteiger charge is 2.08. The van der Waals surface area contributed by atoms with E-state index >= 15 is 0 Å². The SMILES string of the molecule is Cc1cccnc1CCCN1CCNCC1. The molecule has 2 heterocycles. The molecule has 3 heteroatoms. The van der Waals surface area contributed by atoms with Crippen LogP contribution in [-0.2, 0) is 6.42 Å². The van der Waals surface area contributed by atoms with Crippen molar-refractivity contribution in [2.24, 2.45) is 0 Å². The summed E-state index contributed by atoms with van der Waals surface area (Å²) in [4.78, 5) is 6.97. The van der Waals surface area contributed by atoms with Crippen molar-refractivity contribution in [3.8, 4) is 0 Å². The zero-order valence-electron chi connectivity index (χ0n) is 10.1. The van der Waals surface area contributed by atoms with Crippen molar-refractivity contribution < 1.29 is 0 Å². The summed E-state index contributed by atoms with van der Waals surface area (Å²) < 4.78 is 0. The van der Waals surface area contributed by atoms with Crippen LogP contribution in [0.15, 0.2) is 18.3 Å². The molecule has 16 heavy (non-hydrogen) atoms. The molecule has 0 amide bonds. The fraction of sp³-hybridized carbons (Fsp3) is 0.615. The van der Waals surface area contributed by atoms with E-state index in [0.29, 0.717) is 0 Å². The third-order valence-corrected chi connectivity index (χ3v) is 3.22. The van der Waals surface area contributed by atoms with Crippen molar-refractivity contribution in [1.29, 1.82) is 0 Å². The second-order valence-corrected chi connectivity index (χ2v) is 4.46. The minimum absolute atomic E-state index is 1.11. The molecule has 0 aromatic carbocycles. The number of nitrogens with one attached hydrogen (secondary N) is 1. The van der Waals surface area contributed by atoms with E-state index in [-0.39, 0.29) is 0 Å². The molecule has 1 aliphatic heterocycles. The number of rotatable bonds is 4. The zero-order chi connectivity index (χ0) is 11.2. The molecule has 0 atom stereocenters.